The molecule has 0 saturated heterocycles. The van der Waals surface area contributed by atoms with E-state index in [0.717, 1.165) is 0 Å². The third-order valence-corrected chi connectivity index (χ3v) is 1.91. The molecule has 0 amide bonds. The van der Waals surface area contributed by atoms with Gasteiger partial charge in [0.15, 0.2) is 0 Å². The minimum absolute atomic E-state index is 0.583. The molecule has 40 valence electrons. The largest absolute Gasteiger partial charge is 0.0980 e. The molecule has 2 rings (SSSR count). The summed E-state index contributed by atoms with van der Waals surface area (Å²) in [5.41, 5.74) is 1.35. The third kappa shape index (κ3) is 0.313. The minimum Gasteiger partial charge on any atom is -0.0980 e. The molecule has 0 unspecified atom stereocenters. The van der Waals surface area contributed by atoms with Crippen molar-refractivity contribution in [1.82, 2.24) is 0 Å². The van der Waals surface area contributed by atoms with Gasteiger partial charge in [0.2, 0.25) is 0 Å². The van der Waals surface area contributed by atoms with E-state index in [9.17, 15) is 0 Å². The van der Waals surface area contributed by atoms with Crippen molar-refractivity contribution in [3.63, 3.8) is 0 Å². The molecule has 0 radical (unpaired) electrons. The van der Waals surface area contributed by atoms with Crippen LogP contribution in [0.15, 0.2) is 36.5 Å². The van der Waals surface area contributed by atoms with E-state index >= 15 is 0 Å². The fourth-order valence-electron chi connectivity index (χ4n) is 1.32. The molecule has 8 heavy (non-hydrogen) atoms. The van der Waals surface area contributed by atoms with Crippen LogP contribution in [0.4, 0.5) is 0 Å². The first-order valence-electron chi connectivity index (χ1n) is 2.93. The number of hydrogen-bond acceptors (Lipinski definition) is 0. The smallest absolute Gasteiger partial charge is 0.0164 e. The number of fused-ring (bicyclic) bond motifs is 2. The average Bonchev–Trinajstić information content (AvgIpc) is 2.29. The Morgan fingerprint density at radius 1 is 1.00 bits per heavy atom. The lowest BCUT2D eigenvalue weighted by Crippen LogP contribution is -1.86. The van der Waals surface area contributed by atoms with Crippen molar-refractivity contribution >= 4 is 0 Å². The quantitative estimate of drug-likeness (QED) is 0.412. The van der Waals surface area contributed by atoms with Gasteiger partial charge in [-0.3, -0.25) is 0 Å². The summed E-state index contributed by atoms with van der Waals surface area (Å²) in [7, 11) is 0. The average molecular weight is 104 g/mol. The predicted octanol–water partition coefficient (Wildman–Crippen LogP) is 1.91. The fraction of sp³-hybridized carbons (Fsp3) is 0.250. The highest BCUT2D eigenvalue weighted by atomic mass is 14.3. The molecule has 0 fully saturated rings. The summed E-state index contributed by atoms with van der Waals surface area (Å²) >= 11 is 0. The van der Waals surface area contributed by atoms with Gasteiger partial charge in [-0.25, -0.2) is 0 Å². The van der Waals surface area contributed by atoms with Crippen LogP contribution in [0.25, 0.3) is 0 Å². The maximum Gasteiger partial charge on any atom is 0.0164 e. The monoisotopic (exact) mass is 104 g/mol. The molecule has 0 aliphatic heterocycles. The summed E-state index contributed by atoms with van der Waals surface area (Å²) in [5.74, 6) is 1.17. The van der Waals surface area contributed by atoms with Gasteiger partial charge in [0, 0.05) is 11.8 Å². The SMILES string of the molecule is C=C1C2C=CC1C=C2. The predicted molar refractivity (Wildman–Crippen MR) is 34.4 cm³/mol. The summed E-state index contributed by atoms with van der Waals surface area (Å²) in [6.07, 6.45) is 8.86. The molecule has 2 aliphatic carbocycles. The normalized spacial score (nSPS) is 39.8. The van der Waals surface area contributed by atoms with Crippen molar-refractivity contribution < 1.29 is 0 Å². The van der Waals surface area contributed by atoms with Crippen molar-refractivity contribution in [2.45, 2.75) is 0 Å². The second kappa shape index (κ2) is 1.13. The van der Waals surface area contributed by atoms with Crippen molar-refractivity contribution in [1.29, 1.82) is 0 Å². The van der Waals surface area contributed by atoms with Gasteiger partial charge in [-0.2, -0.15) is 0 Å². The molecule has 0 spiro atoms. The van der Waals surface area contributed by atoms with Crippen LogP contribution in [-0.2, 0) is 0 Å². The molecule has 0 N–H and O–H groups in total. The molecule has 0 nitrogen and oxygen atoms in total. The van der Waals surface area contributed by atoms with Crippen molar-refractivity contribution in [3.8, 4) is 0 Å². The summed E-state index contributed by atoms with van der Waals surface area (Å²) in [6.45, 7) is 3.95. The zero-order chi connectivity index (χ0) is 5.56. The Balaban J connectivity index is 2.48. The Hall–Kier alpha value is -0.780. The molecular formula is C8H8. The Morgan fingerprint density at radius 2 is 1.38 bits per heavy atom. The van der Waals surface area contributed by atoms with Crippen molar-refractivity contribution in [2.24, 2.45) is 11.8 Å². The van der Waals surface area contributed by atoms with Gasteiger partial charge >= 0.3 is 0 Å². The lowest BCUT2D eigenvalue weighted by molar-refractivity contribution is 0.968. The Bertz CT molecular complexity index is 152. The molecule has 0 aromatic carbocycles. The molecule has 0 heterocycles. The van der Waals surface area contributed by atoms with Gasteiger partial charge < -0.3 is 0 Å². The summed E-state index contributed by atoms with van der Waals surface area (Å²) in [5, 5.41) is 0. The van der Waals surface area contributed by atoms with Crippen LogP contribution in [0.2, 0.25) is 0 Å². The zero-order valence-electron chi connectivity index (χ0n) is 4.67. The molecule has 0 saturated carbocycles. The Labute approximate surface area is 49.2 Å². The summed E-state index contributed by atoms with van der Waals surface area (Å²) in [4.78, 5) is 0. The van der Waals surface area contributed by atoms with E-state index in [1.807, 2.05) is 0 Å². The molecule has 0 atom stereocenters. The number of rotatable bonds is 0. The van der Waals surface area contributed by atoms with Gasteiger partial charge in [-0.05, 0) is 0 Å². The van der Waals surface area contributed by atoms with Gasteiger partial charge in [-0.1, -0.05) is 36.5 Å². The Kier molecular flexibility index (Phi) is 0.587. The van der Waals surface area contributed by atoms with E-state index in [1.54, 1.807) is 0 Å². The highest BCUT2D eigenvalue weighted by Crippen LogP contribution is 2.36. The van der Waals surface area contributed by atoms with Crippen LogP contribution in [0, 0.1) is 11.8 Å². The maximum absolute atomic E-state index is 3.95. The highest BCUT2D eigenvalue weighted by molar-refractivity contribution is 5.39. The lowest BCUT2D eigenvalue weighted by atomic mass is 10.1. The second-order valence-corrected chi connectivity index (χ2v) is 2.40. The standard InChI is InChI=1S/C8H8/c1-6-7-2-3-8(6)5-4-7/h2-5,7-8H,1H2. The van der Waals surface area contributed by atoms with E-state index in [4.69, 9.17) is 0 Å². The molecule has 2 aliphatic rings. The summed E-state index contributed by atoms with van der Waals surface area (Å²) < 4.78 is 0. The van der Waals surface area contributed by atoms with E-state index < -0.39 is 0 Å². The van der Waals surface area contributed by atoms with Crippen LogP contribution in [0.1, 0.15) is 0 Å². The van der Waals surface area contributed by atoms with Crippen molar-refractivity contribution in [3.05, 3.63) is 36.5 Å². The molecule has 2 bridgehead atoms. The van der Waals surface area contributed by atoms with Crippen molar-refractivity contribution in [2.75, 3.05) is 0 Å². The fourth-order valence-corrected chi connectivity index (χ4v) is 1.32. The molecule has 0 aromatic heterocycles. The Morgan fingerprint density at radius 3 is 1.50 bits per heavy atom. The van der Waals surface area contributed by atoms with E-state index in [0.29, 0.717) is 11.8 Å². The van der Waals surface area contributed by atoms with Gasteiger partial charge in [0.05, 0.1) is 0 Å². The molecule has 0 aromatic rings. The van der Waals surface area contributed by atoms with Crippen LogP contribution >= 0.6 is 0 Å². The van der Waals surface area contributed by atoms with Crippen LogP contribution in [-0.4, -0.2) is 0 Å². The lowest BCUT2D eigenvalue weighted by Gasteiger charge is -1.97. The highest BCUT2D eigenvalue weighted by Gasteiger charge is 2.23. The van der Waals surface area contributed by atoms with E-state index in [2.05, 4.69) is 30.9 Å². The van der Waals surface area contributed by atoms with Crippen LogP contribution in [0.3, 0.4) is 0 Å². The van der Waals surface area contributed by atoms with E-state index in [-0.39, 0.29) is 0 Å². The van der Waals surface area contributed by atoms with Gasteiger partial charge in [-0.15, -0.1) is 0 Å². The number of allylic oxidation sites excluding steroid dienone is 5. The number of hydrogen-bond donors (Lipinski definition) is 0. The topological polar surface area (TPSA) is 0 Å². The van der Waals surface area contributed by atoms with Crippen LogP contribution in [0.5, 0.6) is 0 Å². The molecular weight excluding hydrogens is 96.1 g/mol. The van der Waals surface area contributed by atoms with Gasteiger partial charge in [0.25, 0.3) is 0 Å². The minimum atomic E-state index is 0.583. The van der Waals surface area contributed by atoms with Gasteiger partial charge in [0.1, 0.15) is 0 Å². The second-order valence-electron chi connectivity index (χ2n) is 2.40. The first-order valence-corrected chi connectivity index (χ1v) is 2.93. The first-order chi connectivity index (χ1) is 3.88. The zero-order valence-corrected chi connectivity index (χ0v) is 4.67. The van der Waals surface area contributed by atoms with Crippen LogP contribution < -0.4 is 0 Å². The molecule has 0 heteroatoms. The third-order valence-electron chi connectivity index (χ3n) is 1.91. The van der Waals surface area contributed by atoms with E-state index in [1.165, 1.54) is 5.57 Å². The summed E-state index contributed by atoms with van der Waals surface area (Å²) in [6, 6.07) is 0. The maximum atomic E-state index is 3.95. The first kappa shape index (κ1) is 4.13.